The molecule has 0 unspecified atom stereocenters. The van der Waals surface area contributed by atoms with Crippen molar-refractivity contribution in [2.24, 2.45) is 0 Å². The lowest BCUT2D eigenvalue weighted by atomic mass is 9.90. The molecule has 1 amide bonds. The number of carbonyl (C=O) groups excluding carboxylic acids is 2. The van der Waals surface area contributed by atoms with Gasteiger partial charge in [-0.2, -0.15) is 0 Å². The monoisotopic (exact) mass is 297 g/mol. The maximum absolute atomic E-state index is 12.7. The fourth-order valence-corrected chi connectivity index (χ4v) is 2.32. The Labute approximate surface area is 130 Å². The Morgan fingerprint density at radius 3 is 1.77 bits per heavy atom. The molecule has 0 heterocycles. The van der Waals surface area contributed by atoms with Gasteiger partial charge in [-0.15, -0.1) is 0 Å². The topological polar surface area (TPSA) is 55.4 Å². The van der Waals surface area contributed by atoms with E-state index in [1.807, 2.05) is 60.7 Å². The highest BCUT2D eigenvalue weighted by Gasteiger charge is 2.25. The third kappa shape index (κ3) is 3.73. The quantitative estimate of drug-likeness (QED) is 0.863. The maximum atomic E-state index is 12.7. The van der Waals surface area contributed by atoms with E-state index in [2.05, 4.69) is 10.1 Å². The van der Waals surface area contributed by atoms with Gasteiger partial charge in [0.15, 0.2) is 0 Å². The second-order valence-electron chi connectivity index (χ2n) is 5.01. The number of ether oxygens (including phenoxy) is 1. The van der Waals surface area contributed by atoms with E-state index in [0.717, 1.165) is 11.1 Å². The molecular weight excluding hydrogens is 278 g/mol. The number of benzene rings is 2. The van der Waals surface area contributed by atoms with Crippen molar-refractivity contribution in [2.45, 2.75) is 18.9 Å². The van der Waals surface area contributed by atoms with E-state index in [4.69, 9.17) is 0 Å². The molecule has 114 valence electrons. The van der Waals surface area contributed by atoms with Crippen LogP contribution in [-0.4, -0.2) is 25.0 Å². The smallest absolute Gasteiger partial charge is 0.328 e. The summed E-state index contributed by atoms with van der Waals surface area (Å²) < 4.78 is 4.65. The van der Waals surface area contributed by atoms with E-state index in [9.17, 15) is 9.59 Å². The predicted octanol–water partition coefficient (Wildman–Crippen LogP) is 2.50. The fraction of sp³-hybridized carbons (Fsp3) is 0.222. The second kappa shape index (κ2) is 7.41. The van der Waals surface area contributed by atoms with Gasteiger partial charge >= 0.3 is 5.97 Å². The minimum absolute atomic E-state index is 0.227. The first-order valence-electron chi connectivity index (χ1n) is 7.11. The van der Waals surface area contributed by atoms with Gasteiger partial charge < -0.3 is 10.1 Å². The lowest BCUT2D eigenvalue weighted by molar-refractivity contribution is -0.144. The van der Waals surface area contributed by atoms with Gasteiger partial charge in [0.25, 0.3) is 0 Å². The Hall–Kier alpha value is -2.62. The van der Waals surface area contributed by atoms with Gasteiger partial charge in [-0.05, 0) is 18.1 Å². The van der Waals surface area contributed by atoms with Crippen molar-refractivity contribution in [3.05, 3.63) is 71.8 Å². The first-order valence-corrected chi connectivity index (χ1v) is 7.11. The standard InChI is InChI=1S/C18H19NO3/c1-13(18(21)22-2)19-17(20)16(14-9-5-3-6-10-14)15-11-7-4-8-12-15/h3-13,16H,1-2H3,(H,19,20)/t13-/m1/s1. The van der Waals surface area contributed by atoms with Crippen LogP contribution in [0.1, 0.15) is 24.0 Å². The summed E-state index contributed by atoms with van der Waals surface area (Å²) in [6.07, 6.45) is 0. The fourth-order valence-electron chi connectivity index (χ4n) is 2.32. The van der Waals surface area contributed by atoms with Crippen molar-refractivity contribution in [3.8, 4) is 0 Å². The average molecular weight is 297 g/mol. The minimum atomic E-state index is -0.688. The van der Waals surface area contributed by atoms with Crippen LogP contribution < -0.4 is 5.32 Å². The highest BCUT2D eigenvalue weighted by atomic mass is 16.5. The van der Waals surface area contributed by atoms with Crippen molar-refractivity contribution in [1.82, 2.24) is 5.32 Å². The number of esters is 1. The number of methoxy groups -OCH3 is 1. The number of carbonyl (C=O) groups is 2. The van der Waals surface area contributed by atoms with Crippen molar-refractivity contribution >= 4 is 11.9 Å². The third-order valence-corrected chi connectivity index (χ3v) is 3.44. The molecule has 0 bridgehead atoms. The van der Waals surface area contributed by atoms with E-state index in [-0.39, 0.29) is 5.91 Å². The molecule has 2 aromatic carbocycles. The molecule has 1 atom stereocenters. The average Bonchev–Trinajstić information content (AvgIpc) is 2.56. The molecule has 4 nitrogen and oxygen atoms in total. The SMILES string of the molecule is COC(=O)[C@@H](C)NC(=O)C(c1ccccc1)c1ccccc1. The Kier molecular flexibility index (Phi) is 5.31. The molecule has 0 radical (unpaired) electrons. The summed E-state index contributed by atoms with van der Waals surface area (Å²) in [6.45, 7) is 1.61. The summed E-state index contributed by atoms with van der Waals surface area (Å²) in [5, 5.41) is 2.71. The number of nitrogens with one attached hydrogen (secondary N) is 1. The van der Waals surface area contributed by atoms with Gasteiger partial charge in [0.2, 0.25) is 5.91 Å². The predicted molar refractivity (Wildman–Crippen MR) is 84.3 cm³/mol. The first-order chi connectivity index (χ1) is 10.6. The highest BCUT2D eigenvalue weighted by molar-refractivity contribution is 5.90. The van der Waals surface area contributed by atoms with Crippen LogP contribution >= 0.6 is 0 Å². The van der Waals surface area contributed by atoms with Crippen LogP contribution in [0.15, 0.2) is 60.7 Å². The number of amides is 1. The van der Waals surface area contributed by atoms with E-state index < -0.39 is 17.9 Å². The Balaban J connectivity index is 2.29. The van der Waals surface area contributed by atoms with Crippen LogP contribution in [-0.2, 0) is 14.3 Å². The van der Waals surface area contributed by atoms with Gasteiger partial charge in [0.1, 0.15) is 6.04 Å². The van der Waals surface area contributed by atoms with Crippen LogP contribution in [0.3, 0.4) is 0 Å². The zero-order valence-corrected chi connectivity index (χ0v) is 12.7. The van der Waals surface area contributed by atoms with Crippen molar-refractivity contribution in [3.63, 3.8) is 0 Å². The van der Waals surface area contributed by atoms with Crippen LogP contribution in [0.4, 0.5) is 0 Å². The first kappa shape index (κ1) is 15.8. The van der Waals surface area contributed by atoms with E-state index in [1.54, 1.807) is 6.92 Å². The summed E-state index contributed by atoms with van der Waals surface area (Å²) in [4.78, 5) is 24.2. The van der Waals surface area contributed by atoms with Gasteiger partial charge in [-0.1, -0.05) is 60.7 Å². The molecule has 1 N–H and O–H groups in total. The molecule has 0 fully saturated rings. The number of rotatable bonds is 5. The molecule has 0 aliphatic carbocycles. The third-order valence-electron chi connectivity index (χ3n) is 3.44. The normalized spacial score (nSPS) is 11.8. The minimum Gasteiger partial charge on any atom is -0.467 e. The molecule has 0 saturated carbocycles. The van der Waals surface area contributed by atoms with Crippen molar-refractivity contribution < 1.29 is 14.3 Å². The Morgan fingerprint density at radius 2 is 1.36 bits per heavy atom. The van der Waals surface area contributed by atoms with Crippen LogP contribution in [0.5, 0.6) is 0 Å². The van der Waals surface area contributed by atoms with Crippen LogP contribution in [0, 0.1) is 0 Å². The summed E-state index contributed by atoms with van der Waals surface area (Å²) in [7, 11) is 1.30. The van der Waals surface area contributed by atoms with Crippen molar-refractivity contribution in [1.29, 1.82) is 0 Å². The molecule has 0 saturated heterocycles. The maximum Gasteiger partial charge on any atom is 0.328 e. The largest absolute Gasteiger partial charge is 0.467 e. The van der Waals surface area contributed by atoms with Crippen LogP contribution in [0.2, 0.25) is 0 Å². The van der Waals surface area contributed by atoms with Gasteiger partial charge in [0, 0.05) is 0 Å². The summed E-state index contributed by atoms with van der Waals surface area (Å²) >= 11 is 0. The molecule has 2 rings (SSSR count). The second-order valence-corrected chi connectivity index (χ2v) is 5.01. The zero-order valence-electron chi connectivity index (χ0n) is 12.7. The molecule has 0 spiro atoms. The van der Waals surface area contributed by atoms with E-state index in [1.165, 1.54) is 7.11 Å². The van der Waals surface area contributed by atoms with Gasteiger partial charge in [0.05, 0.1) is 13.0 Å². The lowest BCUT2D eigenvalue weighted by Crippen LogP contribution is -2.41. The molecule has 22 heavy (non-hydrogen) atoms. The van der Waals surface area contributed by atoms with Gasteiger partial charge in [-0.3, -0.25) is 4.79 Å². The Morgan fingerprint density at radius 1 is 0.909 bits per heavy atom. The molecule has 2 aromatic rings. The lowest BCUT2D eigenvalue weighted by Gasteiger charge is -2.20. The molecule has 0 aliphatic rings. The highest BCUT2D eigenvalue weighted by Crippen LogP contribution is 2.24. The van der Waals surface area contributed by atoms with Crippen molar-refractivity contribution in [2.75, 3.05) is 7.11 Å². The Bertz CT molecular complexity index is 586. The van der Waals surface area contributed by atoms with Crippen LogP contribution in [0.25, 0.3) is 0 Å². The number of hydrogen-bond donors (Lipinski definition) is 1. The van der Waals surface area contributed by atoms with Gasteiger partial charge in [-0.25, -0.2) is 4.79 Å². The zero-order chi connectivity index (χ0) is 15.9. The van der Waals surface area contributed by atoms with E-state index in [0.29, 0.717) is 0 Å². The molecule has 4 heteroatoms. The molecular formula is C18H19NO3. The van der Waals surface area contributed by atoms with E-state index >= 15 is 0 Å². The summed E-state index contributed by atoms with van der Waals surface area (Å²) in [5.41, 5.74) is 1.76. The molecule has 0 aliphatic heterocycles. The number of hydrogen-bond acceptors (Lipinski definition) is 3. The molecule has 0 aromatic heterocycles. The summed E-state index contributed by atoms with van der Waals surface area (Å²) in [6, 6.07) is 18.3. The summed E-state index contributed by atoms with van der Waals surface area (Å²) in [5.74, 6) is -1.15.